The van der Waals surface area contributed by atoms with Crippen LogP contribution in [0.25, 0.3) is 0 Å². The molecular formula is C13H17NO4S. The first-order valence-corrected chi connectivity index (χ1v) is 6.97. The number of rotatable bonds is 8. The Labute approximate surface area is 116 Å². The predicted molar refractivity (Wildman–Crippen MR) is 74.4 cm³/mol. The number of hydrogen-bond acceptors (Lipinski definition) is 4. The average Bonchev–Trinajstić information content (AvgIpc) is 2.41. The molecule has 6 heteroatoms. The molecule has 104 valence electrons. The summed E-state index contributed by atoms with van der Waals surface area (Å²) in [4.78, 5) is 21.8. The molecule has 0 unspecified atom stereocenters. The van der Waals surface area contributed by atoms with Gasteiger partial charge < -0.3 is 15.2 Å². The number of thioether (sulfide) groups is 1. The smallest absolute Gasteiger partial charge is 0.304 e. The Bertz CT molecular complexity index is 436. The van der Waals surface area contributed by atoms with Crippen LogP contribution in [0.1, 0.15) is 12.0 Å². The minimum atomic E-state index is -0.845. The topological polar surface area (TPSA) is 75.6 Å². The summed E-state index contributed by atoms with van der Waals surface area (Å²) in [6.45, 7) is 0.405. The SMILES string of the molecule is COc1ccccc1CNC(=O)CSCCC(=O)O. The molecule has 0 bridgehead atoms. The van der Waals surface area contributed by atoms with Crippen molar-refractivity contribution < 1.29 is 19.4 Å². The average molecular weight is 283 g/mol. The number of carboxylic acids is 1. The molecule has 19 heavy (non-hydrogen) atoms. The molecule has 1 aromatic carbocycles. The lowest BCUT2D eigenvalue weighted by molar-refractivity contribution is -0.136. The molecule has 1 amide bonds. The Balaban J connectivity index is 2.28. The van der Waals surface area contributed by atoms with Gasteiger partial charge in [-0.25, -0.2) is 0 Å². The standard InChI is InChI=1S/C13H17NO4S/c1-18-11-5-3-2-4-10(11)8-14-12(15)9-19-7-6-13(16)17/h2-5H,6-9H2,1H3,(H,14,15)(H,16,17). The highest BCUT2D eigenvalue weighted by molar-refractivity contribution is 7.99. The van der Waals surface area contributed by atoms with Gasteiger partial charge in [0.05, 0.1) is 19.3 Å². The molecule has 0 saturated heterocycles. The third-order valence-corrected chi connectivity index (χ3v) is 3.32. The molecule has 0 aliphatic rings. The van der Waals surface area contributed by atoms with Crippen molar-refractivity contribution in [1.29, 1.82) is 0 Å². The summed E-state index contributed by atoms with van der Waals surface area (Å²) in [5.41, 5.74) is 0.911. The fraction of sp³-hybridized carbons (Fsp3) is 0.385. The van der Waals surface area contributed by atoms with Gasteiger partial charge in [0.1, 0.15) is 5.75 Å². The van der Waals surface area contributed by atoms with E-state index in [9.17, 15) is 9.59 Å². The van der Waals surface area contributed by atoms with Gasteiger partial charge in [0.15, 0.2) is 0 Å². The summed E-state index contributed by atoms with van der Waals surface area (Å²) in [6.07, 6.45) is 0.0739. The molecule has 0 aliphatic carbocycles. The van der Waals surface area contributed by atoms with Gasteiger partial charge in [-0.15, -0.1) is 0 Å². The minimum Gasteiger partial charge on any atom is -0.496 e. The molecule has 0 radical (unpaired) electrons. The Morgan fingerprint density at radius 1 is 1.37 bits per heavy atom. The minimum absolute atomic E-state index is 0.0739. The van der Waals surface area contributed by atoms with E-state index in [0.717, 1.165) is 11.3 Å². The van der Waals surface area contributed by atoms with Crippen LogP contribution < -0.4 is 10.1 Å². The van der Waals surface area contributed by atoms with Crippen LogP contribution in [-0.2, 0) is 16.1 Å². The fourth-order valence-corrected chi connectivity index (χ4v) is 2.17. The summed E-state index contributed by atoms with van der Waals surface area (Å²) < 4.78 is 5.18. The van der Waals surface area contributed by atoms with Gasteiger partial charge in [-0.1, -0.05) is 18.2 Å². The summed E-state index contributed by atoms with van der Waals surface area (Å²) in [5, 5.41) is 11.2. The Kier molecular flexibility index (Phi) is 6.81. The molecule has 5 nitrogen and oxygen atoms in total. The second-order valence-electron chi connectivity index (χ2n) is 3.78. The number of ether oxygens (including phenoxy) is 1. The van der Waals surface area contributed by atoms with E-state index in [1.165, 1.54) is 11.8 Å². The molecule has 0 aromatic heterocycles. The second kappa shape index (κ2) is 8.42. The first-order valence-electron chi connectivity index (χ1n) is 5.81. The number of carbonyl (C=O) groups excluding carboxylic acids is 1. The lowest BCUT2D eigenvalue weighted by Crippen LogP contribution is -2.25. The van der Waals surface area contributed by atoms with Crippen LogP contribution in [0.4, 0.5) is 0 Å². The molecule has 0 saturated carbocycles. The van der Waals surface area contributed by atoms with Crippen LogP contribution >= 0.6 is 11.8 Å². The second-order valence-corrected chi connectivity index (χ2v) is 4.89. The van der Waals surface area contributed by atoms with Crippen molar-refractivity contribution in [3.05, 3.63) is 29.8 Å². The number of hydrogen-bond donors (Lipinski definition) is 2. The van der Waals surface area contributed by atoms with Crippen LogP contribution in [0, 0.1) is 0 Å². The van der Waals surface area contributed by atoms with Crippen LogP contribution in [0.5, 0.6) is 5.75 Å². The maximum atomic E-state index is 11.5. The van der Waals surface area contributed by atoms with Gasteiger partial charge in [0, 0.05) is 17.9 Å². The quantitative estimate of drug-likeness (QED) is 0.707. The maximum absolute atomic E-state index is 11.5. The number of aliphatic carboxylic acids is 1. The third-order valence-electron chi connectivity index (χ3n) is 2.36. The monoisotopic (exact) mass is 283 g/mol. The van der Waals surface area contributed by atoms with Crippen LogP contribution in [0.15, 0.2) is 24.3 Å². The third kappa shape index (κ3) is 6.15. The lowest BCUT2D eigenvalue weighted by Gasteiger charge is -2.09. The number of benzene rings is 1. The van der Waals surface area contributed by atoms with Gasteiger partial charge in [0.2, 0.25) is 5.91 Å². The van der Waals surface area contributed by atoms with Crippen LogP contribution in [0.3, 0.4) is 0 Å². The van der Waals surface area contributed by atoms with Crippen molar-refractivity contribution in [3.8, 4) is 5.75 Å². The van der Waals surface area contributed by atoms with Gasteiger partial charge in [-0.2, -0.15) is 11.8 Å². The molecule has 0 fully saturated rings. The zero-order valence-electron chi connectivity index (χ0n) is 10.7. The number of carboxylic acid groups (broad SMARTS) is 1. The van der Waals surface area contributed by atoms with E-state index in [2.05, 4.69) is 5.32 Å². The molecule has 2 N–H and O–H groups in total. The van der Waals surface area contributed by atoms with Crippen molar-refractivity contribution in [2.75, 3.05) is 18.6 Å². The Hall–Kier alpha value is -1.69. The number of amides is 1. The van der Waals surface area contributed by atoms with Crippen molar-refractivity contribution >= 4 is 23.6 Å². The zero-order valence-corrected chi connectivity index (χ0v) is 11.5. The highest BCUT2D eigenvalue weighted by Crippen LogP contribution is 2.16. The van der Waals surface area contributed by atoms with Gasteiger partial charge >= 0.3 is 5.97 Å². The highest BCUT2D eigenvalue weighted by atomic mass is 32.2. The summed E-state index contributed by atoms with van der Waals surface area (Å²) in [6, 6.07) is 7.47. The predicted octanol–water partition coefficient (Wildman–Crippen LogP) is 1.52. The van der Waals surface area contributed by atoms with Gasteiger partial charge in [0.25, 0.3) is 0 Å². The molecule has 0 atom stereocenters. The number of methoxy groups -OCH3 is 1. The fourth-order valence-electron chi connectivity index (χ4n) is 1.42. The number of nitrogens with one attached hydrogen (secondary N) is 1. The summed E-state index contributed by atoms with van der Waals surface area (Å²) >= 11 is 1.31. The molecule has 1 aromatic rings. The molecule has 1 rings (SSSR count). The molecule has 0 aliphatic heterocycles. The van der Waals surface area contributed by atoms with Crippen molar-refractivity contribution in [2.45, 2.75) is 13.0 Å². The van der Waals surface area contributed by atoms with Crippen molar-refractivity contribution in [3.63, 3.8) is 0 Å². The van der Waals surface area contributed by atoms with E-state index in [4.69, 9.17) is 9.84 Å². The lowest BCUT2D eigenvalue weighted by atomic mass is 10.2. The van der Waals surface area contributed by atoms with Crippen molar-refractivity contribution in [1.82, 2.24) is 5.32 Å². The van der Waals surface area contributed by atoms with E-state index >= 15 is 0 Å². The van der Waals surface area contributed by atoms with E-state index in [0.29, 0.717) is 12.3 Å². The Morgan fingerprint density at radius 3 is 2.79 bits per heavy atom. The molecule has 0 heterocycles. The van der Waals surface area contributed by atoms with Crippen molar-refractivity contribution in [2.24, 2.45) is 0 Å². The van der Waals surface area contributed by atoms with E-state index in [-0.39, 0.29) is 18.1 Å². The van der Waals surface area contributed by atoms with E-state index in [1.54, 1.807) is 7.11 Å². The molecular weight excluding hydrogens is 266 g/mol. The summed E-state index contributed by atoms with van der Waals surface area (Å²) in [7, 11) is 1.59. The van der Waals surface area contributed by atoms with Gasteiger partial charge in [-0.3, -0.25) is 9.59 Å². The summed E-state index contributed by atoms with van der Waals surface area (Å²) in [5.74, 6) is 0.490. The number of para-hydroxylation sites is 1. The van der Waals surface area contributed by atoms with E-state index in [1.807, 2.05) is 24.3 Å². The number of carbonyl (C=O) groups is 2. The van der Waals surface area contributed by atoms with E-state index < -0.39 is 5.97 Å². The normalized spacial score (nSPS) is 9.95. The first-order chi connectivity index (χ1) is 9.13. The Morgan fingerprint density at radius 2 is 2.11 bits per heavy atom. The largest absolute Gasteiger partial charge is 0.496 e. The highest BCUT2D eigenvalue weighted by Gasteiger charge is 2.05. The van der Waals surface area contributed by atoms with Crippen LogP contribution in [-0.4, -0.2) is 35.6 Å². The first kappa shape index (κ1) is 15.4. The zero-order chi connectivity index (χ0) is 14.1. The maximum Gasteiger partial charge on any atom is 0.304 e. The van der Waals surface area contributed by atoms with Gasteiger partial charge in [-0.05, 0) is 6.07 Å². The van der Waals surface area contributed by atoms with Crippen LogP contribution in [0.2, 0.25) is 0 Å². The molecule has 0 spiro atoms.